The van der Waals surface area contributed by atoms with Crippen molar-refractivity contribution in [1.29, 1.82) is 0 Å². The van der Waals surface area contributed by atoms with Crippen molar-refractivity contribution in [3.63, 3.8) is 0 Å². The largest absolute Gasteiger partial charge is 0.388 e. The summed E-state index contributed by atoms with van der Waals surface area (Å²) in [6.07, 6.45) is 12.4. The van der Waals surface area contributed by atoms with E-state index in [1.165, 1.54) is 35.4 Å². The van der Waals surface area contributed by atoms with Crippen molar-refractivity contribution in [3.05, 3.63) is 104 Å². The fraction of sp³-hybridized carbons (Fsp3) is 0.524. The van der Waals surface area contributed by atoms with Crippen LogP contribution in [0, 0.1) is 10.8 Å². The number of hydrogen-bond acceptors (Lipinski definition) is 8. The second-order valence-corrected chi connectivity index (χ2v) is 14.8. The molecule has 0 spiro atoms. The van der Waals surface area contributed by atoms with Crippen LogP contribution >= 0.6 is 22.7 Å². The molecule has 4 rings (SSSR count). The first-order chi connectivity index (χ1) is 24.5. The monoisotopic (exact) mass is 896 g/mol. The molecule has 282 valence electrons. The molecule has 0 bridgehead atoms. The molecule has 0 saturated carbocycles. The average molecular weight is 897 g/mol. The van der Waals surface area contributed by atoms with Gasteiger partial charge in [-0.2, -0.15) is 12.1 Å². The van der Waals surface area contributed by atoms with Gasteiger partial charge >= 0.3 is 0 Å². The molecule has 52 heavy (non-hydrogen) atoms. The SMILES string of the molecule is CCCCCC(O)c1ccc(N(CC)NCCCc2cc[c-]s2)cc1.CCCCCC(O)c1ccc(NN(CC)CCCc2cc[c-]s2)cc1.[Y].[Y]. The van der Waals surface area contributed by atoms with E-state index in [9.17, 15) is 10.2 Å². The van der Waals surface area contributed by atoms with Crippen LogP contribution in [0.2, 0.25) is 0 Å². The maximum absolute atomic E-state index is 10.3. The van der Waals surface area contributed by atoms with Crippen molar-refractivity contribution >= 4 is 34.0 Å². The van der Waals surface area contributed by atoms with Gasteiger partial charge in [-0.3, -0.25) is 0 Å². The molecular weight excluding hydrogens is 834 g/mol. The summed E-state index contributed by atoms with van der Waals surface area (Å²) >= 11 is 3.41. The van der Waals surface area contributed by atoms with Crippen molar-refractivity contribution in [2.24, 2.45) is 0 Å². The van der Waals surface area contributed by atoms with Crippen LogP contribution in [0.5, 0.6) is 0 Å². The molecular formula is C42H62N4O2S2Y2-2. The quantitative estimate of drug-likeness (QED) is 0.0319. The minimum atomic E-state index is -0.342. The van der Waals surface area contributed by atoms with Gasteiger partial charge in [0.2, 0.25) is 0 Å². The minimum Gasteiger partial charge on any atom is -0.388 e. The number of aliphatic hydroxyl groups is 2. The summed E-state index contributed by atoms with van der Waals surface area (Å²) in [5.41, 5.74) is 11.2. The van der Waals surface area contributed by atoms with Crippen molar-refractivity contribution < 1.29 is 75.6 Å². The standard InChI is InChI=1S/2C21H31N2OS.2Y/c1-3-5-6-11-21(24)18-12-14-19(15-13-18)22-23(4-2)16-7-9-20-10-8-17-25-20;1-3-5-6-11-21(24)18-12-14-19(15-13-18)23(4-2)22-16-7-9-20-10-8-17-25-20;;/h2*8,10,12-15,21-22,24H,3-7,9,11,16H2,1-2H3;;/q2*-1;;. The Balaban J connectivity index is 0.000000501. The third-order valence-electron chi connectivity index (χ3n) is 8.84. The van der Waals surface area contributed by atoms with Gasteiger partial charge < -0.3 is 43.3 Å². The van der Waals surface area contributed by atoms with Crippen LogP contribution in [0.25, 0.3) is 0 Å². The number of benzene rings is 2. The second kappa shape index (κ2) is 30.7. The number of thiophene rings is 2. The van der Waals surface area contributed by atoms with Gasteiger partial charge in [-0.1, -0.05) is 96.4 Å². The Morgan fingerprint density at radius 1 is 0.635 bits per heavy atom. The van der Waals surface area contributed by atoms with Crippen LogP contribution in [0.15, 0.2) is 72.8 Å². The predicted octanol–water partition coefficient (Wildman–Crippen LogP) is 10.6. The first-order valence-corrected chi connectivity index (χ1v) is 20.6. The maximum Gasteiger partial charge on any atom is 0.0790 e. The number of nitrogens with zero attached hydrogens (tertiary/aromatic N) is 2. The van der Waals surface area contributed by atoms with Gasteiger partial charge in [0.15, 0.2) is 0 Å². The average Bonchev–Trinajstić information content (AvgIpc) is 3.87. The number of hydrogen-bond donors (Lipinski definition) is 4. The Morgan fingerprint density at radius 2 is 1.15 bits per heavy atom. The zero-order chi connectivity index (χ0) is 35.8. The molecule has 2 atom stereocenters. The second-order valence-electron chi connectivity index (χ2n) is 12.8. The van der Waals surface area contributed by atoms with Gasteiger partial charge in [0, 0.05) is 97.3 Å². The van der Waals surface area contributed by atoms with Crippen LogP contribution in [0.1, 0.15) is 125 Å². The predicted molar refractivity (Wildman–Crippen MR) is 216 cm³/mol. The summed E-state index contributed by atoms with van der Waals surface area (Å²) < 4.78 is 0. The maximum atomic E-state index is 10.3. The first-order valence-electron chi connectivity index (χ1n) is 18.9. The Labute approximate surface area is 374 Å². The molecule has 2 aromatic heterocycles. The fourth-order valence-electron chi connectivity index (χ4n) is 5.76. The van der Waals surface area contributed by atoms with Gasteiger partial charge in [-0.15, -0.1) is 20.5 Å². The van der Waals surface area contributed by atoms with Crippen LogP contribution < -0.4 is 15.9 Å². The van der Waals surface area contributed by atoms with E-state index in [0.29, 0.717) is 0 Å². The zero-order valence-corrected chi connectivity index (χ0v) is 39.5. The normalized spacial score (nSPS) is 11.9. The number of aliphatic hydroxyl groups excluding tert-OH is 2. The first kappa shape index (κ1) is 49.5. The molecule has 4 N–H and O–H groups in total. The molecule has 2 heterocycles. The smallest absolute Gasteiger partial charge is 0.0790 e. The molecule has 10 heteroatoms. The third kappa shape index (κ3) is 19.9. The number of aryl methyl sites for hydroxylation is 2. The molecule has 0 aliphatic heterocycles. The number of hydrazine groups is 2. The van der Waals surface area contributed by atoms with Crippen molar-refractivity contribution in [1.82, 2.24) is 10.4 Å². The van der Waals surface area contributed by atoms with Gasteiger partial charge in [0.1, 0.15) is 0 Å². The van der Waals surface area contributed by atoms with E-state index in [0.717, 1.165) is 100 Å². The summed E-state index contributed by atoms with van der Waals surface area (Å²) in [7, 11) is 0. The summed E-state index contributed by atoms with van der Waals surface area (Å²) in [4.78, 5) is 2.80. The molecule has 2 aromatic carbocycles. The van der Waals surface area contributed by atoms with Crippen LogP contribution in [0.4, 0.5) is 11.4 Å². The van der Waals surface area contributed by atoms with E-state index in [1.807, 2.05) is 24.3 Å². The van der Waals surface area contributed by atoms with E-state index >= 15 is 0 Å². The number of anilines is 2. The van der Waals surface area contributed by atoms with Crippen LogP contribution in [-0.2, 0) is 78.3 Å². The van der Waals surface area contributed by atoms with Crippen molar-refractivity contribution in [3.8, 4) is 0 Å². The van der Waals surface area contributed by atoms with Crippen LogP contribution in [-0.4, -0.2) is 41.4 Å². The van der Waals surface area contributed by atoms with Crippen molar-refractivity contribution in [2.45, 2.75) is 117 Å². The Morgan fingerprint density at radius 3 is 1.62 bits per heavy atom. The van der Waals surface area contributed by atoms with Gasteiger partial charge in [0.25, 0.3) is 0 Å². The Bertz CT molecular complexity index is 1360. The molecule has 0 amide bonds. The van der Waals surface area contributed by atoms with E-state index < -0.39 is 0 Å². The van der Waals surface area contributed by atoms with Crippen LogP contribution in [0.3, 0.4) is 0 Å². The molecule has 2 radical (unpaired) electrons. The zero-order valence-electron chi connectivity index (χ0n) is 32.2. The Hall–Kier alpha value is -0.512. The van der Waals surface area contributed by atoms with E-state index in [2.05, 4.69) is 108 Å². The molecule has 4 aromatic rings. The fourth-order valence-corrected chi connectivity index (χ4v) is 7.10. The van der Waals surface area contributed by atoms with Gasteiger partial charge in [-0.25, -0.2) is 22.6 Å². The molecule has 6 nitrogen and oxygen atoms in total. The van der Waals surface area contributed by atoms with Gasteiger partial charge in [-0.05, 0) is 68.0 Å². The molecule has 0 aliphatic carbocycles. The number of nitrogens with one attached hydrogen (secondary N) is 2. The minimum absolute atomic E-state index is 0. The topological polar surface area (TPSA) is 71.0 Å². The summed E-state index contributed by atoms with van der Waals surface area (Å²) in [5, 5.41) is 31.2. The summed E-state index contributed by atoms with van der Waals surface area (Å²) in [5.74, 6) is 0. The van der Waals surface area contributed by atoms with Crippen molar-refractivity contribution in [2.75, 3.05) is 36.6 Å². The molecule has 0 fully saturated rings. The molecule has 0 aliphatic rings. The summed E-state index contributed by atoms with van der Waals surface area (Å²) in [6, 6.07) is 24.8. The van der Waals surface area contributed by atoms with Gasteiger partial charge in [0.05, 0.1) is 17.9 Å². The number of unbranched alkanes of at least 4 members (excludes halogenated alkanes) is 4. The molecule has 0 saturated heterocycles. The summed E-state index contributed by atoms with van der Waals surface area (Å²) in [6.45, 7) is 12.5. The Kier molecular flexibility index (Phi) is 29.2. The van der Waals surface area contributed by atoms with E-state index in [4.69, 9.17) is 0 Å². The van der Waals surface area contributed by atoms with E-state index in [1.54, 1.807) is 22.7 Å². The number of rotatable bonds is 24. The van der Waals surface area contributed by atoms with E-state index in [-0.39, 0.29) is 77.6 Å². The third-order valence-corrected chi connectivity index (χ3v) is 10.6. The molecule has 2 unspecified atom stereocenters.